The Kier molecular flexibility index (Phi) is 8.91. The van der Waals surface area contributed by atoms with Crippen LogP contribution in [0.2, 0.25) is 0 Å². The Hall–Kier alpha value is -2.38. The van der Waals surface area contributed by atoms with Gasteiger partial charge in [-0.05, 0) is 36.2 Å². The topological polar surface area (TPSA) is 49.9 Å². The van der Waals surface area contributed by atoms with Crippen molar-refractivity contribution in [2.24, 2.45) is 0 Å². The van der Waals surface area contributed by atoms with Gasteiger partial charge in [0, 0.05) is 12.3 Å². The zero-order chi connectivity index (χ0) is 22.1. The summed E-state index contributed by atoms with van der Waals surface area (Å²) in [4.78, 5) is 29.1. The number of unbranched alkanes of at least 4 members (excludes halogenated alkanes) is 1. The molecule has 5 nitrogen and oxygen atoms in total. The Morgan fingerprint density at radius 2 is 1.87 bits per heavy atom. The predicted molar refractivity (Wildman–Crippen MR) is 121 cm³/mol. The largest absolute Gasteiger partial charge is 0.460 e. The van der Waals surface area contributed by atoms with Gasteiger partial charge in [-0.2, -0.15) is 0 Å². The first-order valence-corrected chi connectivity index (χ1v) is 11.7. The first-order valence-electron chi connectivity index (χ1n) is 10.6. The van der Waals surface area contributed by atoms with Crippen LogP contribution >= 0.6 is 11.8 Å². The fourth-order valence-electron chi connectivity index (χ4n) is 3.47. The van der Waals surface area contributed by atoms with Gasteiger partial charge in [0.05, 0.1) is 13.1 Å². The van der Waals surface area contributed by atoms with Crippen molar-refractivity contribution in [3.8, 4) is 0 Å². The highest BCUT2D eigenvalue weighted by Gasteiger charge is 2.31. The van der Waals surface area contributed by atoms with Crippen molar-refractivity contribution in [2.45, 2.75) is 31.7 Å². The number of thioether (sulfide) groups is 1. The van der Waals surface area contributed by atoms with Crippen LogP contribution in [-0.2, 0) is 20.9 Å². The molecule has 0 spiro atoms. The fourth-order valence-corrected chi connectivity index (χ4v) is 4.75. The number of carbonyl (C=O) groups is 2. The maximum atomic E-state index is 13.3. The molecule has 0 aromatic heterocycles. The summed E-state index contributed by atoms with van der Waals surface area (Å²) in [6.07, 6.45) is 1.87. The van der Waals surface area contributed by atoms with Gasteiger partial charge in [0.25, 0.3) is 0 Å². The third-order valence-electron chi connectivity index (χ3n) is 5.15. The molecule has 2 aromatic carbocycles. The van der Waals surface area contributed by atoms with E-state index in [4.69, 9.17) is 4.74 Å². The van der Waals surface area contributed by atoms with Crippen LogP contribution in [0.1, 0.15) is 36.3 Å². The highest BCUT2D eigenvalue weighted by Crippen LogP contribution is 2.37. The second kappa shape index (κ2) is 11.9. The van der Waals surface area contributed by atoms with E-state index in [-0.39, 0.29) is 42.8 Å². The van der Waals surface area contributed by atoms with E-state index in [0.29, 0.717) is 13.1 Å². The maximum Gasteiger partial charge on any atom is 0.320 e. The normalized spacial score (nSPS) is 16.0. The average Bonchev–Trinajstić information content (AvgIpc) is 3.27. The van der Waals surface area contributed by atoms with Gasteiger partial charge < -0.3 is 9.64 Å². The van der Waals surface area contributed by atoms with Crippen LogP contribution in [0.5, 0.6) is 0 Å². The summed E-state index contributed by atoms with van der Waals surface area (Å²) in [6.45, 7) is 3.86. The molecule has 1 aliphatic rings. The number of hydrogen-bond acceptors (Lipinski definition) is 5. The number of nitrogens with zero attached hydrogens (tertiary/aromatic N) is 2. The summed E-state index contributed by atoms with van der Waals surface area (Å²) in [6, 6.07) is 15.9. The zero-order valence-corrected chi connectivity index (χ0v) is 18.7. The summed E-state index contributed by atoms with van der Waals surface area (Å²) >= 11 is 1.67. The molecule has 3 rings (SSSR count). The minimum atomic E-state index is -0.335. The van der Waals surface area contributed by atoms with Gasteiger partial charge in [0.1, 0.15) is 17.8 Å². The number of halogens is 1. The standard InChI is InChI=1S/C24H29FN2O3S/c1-2-3-13-26(17-23(29)30-18-19-7-5-4-6-8-19)16-22(28)27-14-15-31-24(27)20-9-11-21(25)12-10-20/h4-12,24H,2-3,13-18H2,1H3/t24-/m1/s1. The Balaban J connectivity index is 1.57. The van der Waals surface area contributed by atoms with Crippen LogP contribution in [0.15, 0.2) is 54.6 Å². The van der Waals surface area contributed by atoms with Crippen LogP contribution in [0, 0.1) is 5.82 Å². The lowest BCUT2D eigenvalue weighted by Crippen LogP contribution is -2.42. The number of amides is 1. The summed E-state index contributed by atoms with van der Waals surface area (Å²) in [5.41, 5.74) is 1.85. The van der Waals surface area contributed by atoms with Gasteiger partial charge >= 0.3 is 5.97 Å². The van der Waals surface area contributed by atoms with E-state index in [9.17, 15) is 14.0 Å². The maximum absolute atomic E-state index is 13.3. The van der Waals surface area contributed by atoms with Crippen molar-refractivity contribution >= 4 is 23.6 Å². The van der Waals surface area contributed by atoms with Crippen LogP contribution in [0.4, 0.5) is 4.39 Å². The highest BCUT2D eigenvalue weighted by atomic mass is 32.2. The summed E-state index contributed by atoms with van der Waals surface area (Å²) in [5, 5.41) is -0.119. The van der Waals surface area contributed by atoms with Crippen LogP contribution in [0.25, 0.3) is 0 Å². The van der Waals surface area contributed by atoms with E-state index in [1.165, 1.54) is 12.1 Å². The van der Waals surface area contributed by atoms with E-state index in [2.05, 4.69) is 6.92 Å². The van der Waals surface area contributed by atoms with Gasteiger partial charge in [-0.15, -0.1) is 11.8 Å². The number of esters is 1. The minimum absolute atomic E-state index is 0.0220. The van der Waals surface area contributed by atoms with Gasteiger partial charge in [0.15, 0.2) is 0 Å². The van der Waals surface area contributed by atoms with E-state index in [1.807, 2.05) is 40.1 Å². The second-order valence-corrected chi connectivity index (χ2v) is 8.76. The number of rotatable bonds is 10. The summed E-state index contributed by atoms with van der Waals surface area (Å²) in [5.74, 6) is 0.191. The van der Waals surface area contributed by atoms with Crippen molar-refractivity contribution in [1.82, 2.24) is 9.80 Å². The van der Waals surface area contributed by atoms with Crippen molar-refractivity contribution < 1.29 is 18.7 Å². The lowest BCUT2D eigenvalue weighted by molar-refractivity contribution is -0.147. The van der Waals surface area contributed by atoms with Crippen molar-refractivity contribution in [2.75, 3.05) is 31.9 Å². The van der Waals surface area contributed by atoms with Crippen LogP contribution in [0.3, 0.4) is 0 Å². The van der Waals surface area contributed by atoms with Gasteiger partial charge in [-0.3, -0.25) is 14.5 Å². The monoisotopic (exact) mass is 444 g/mol. The molecular weight excluding hydrogens is 415 g/mol. The first kappa shape index (κ1) is 23.3. The Bertz CT molecular complexity index is 848. The van der Waals surface area contributed by atoms with E-state index < -0.39 is 0 Å². The van der Waals surface area contributed by atoms with E-state index in [1.54, 1.807) is 23.9 Å². The molecule has 0 radical (unpaired) electrons. The van der Waals surface area contributed by atoms with Crippen molar-refractivity contribution in [3.05, 3.63) is 71.5 Å². The first-order chi connectivity index (χ1) is 15.1. The molecule has 1 aliphatic heterocycles. The predicted octanol–water partition coefficient (Wildman–Crippen LogP) is 4.25. The molecule has 0 unspecified atom stereocenters. The van der Waals surface area contributed by atoms with Crippen molar-refractivity contribution in [1.29, 1.82) is 0 Å². The van der Waals surface area contributed by atoms with Crippen molar-refractivity contribution in [3.63, 3.8) is 0 Å². The van der Waals surface area contributed by atoms with Crippen LogP contribution in [-0.4, -0.2) is 53.6 Å². The molecule has 0 saturated carbocycles. The lowest BCUT2D eigenvalue weighted by Gasteiger charge is -2.28. The van der Waals surface area contributed by atoms with E-state index in [0.717, 1.165) is 29.7 Å². The molecule has 0 N–H and O–H groups in total. The summed E-state index contributed by atoms with van der Waals surface area (Å²) in [7, 11) is 0. The molecule has 1 fully saturated rings. The molecule has 1 amide bonds. The molecule has 1 heterocycles. The number of benzene rings is 2. The molecule has 0 aliphatic carbocycles. The van der Waals surface area contributed by atoms with Crippen LogP contribution < -0.4 is 0 Å². The third kappa shape index (κ3) is 7.08. The molecule has 31 heavy (non-hydrogen) atoms. The Morgan fingerprint density at radius 3 is 2.58 bits per heavy atom. The molecule has 1 saturated heterocycles. The zero-order valence-electron chi connectivity index (χ0n) is 17.8. The lowest BCUT2D eigenvalue weighted by atomic mass is 10.2. The Morgan fingerprint density at radius 1 is 1.13 bits per heavy atom. The molecule has 2 aromatic rings. The fraction of sp³-hybridized carbons (Fsp3) is 0.417. The number of hydrogen-bond donors (Lipinski definition) is 0. The minimum Gasteiger partial charge on any atom is -0.460 e. The molecule has 7 heteroatoms. The smallest absolute Gasteiger partial charge is 0.320 e. The molecular formula is C24H29FN2O3S. The second-order valence-electron chi connectivity index (χ2n) is 7.57. The van der Waals surface area contributed by atoms with Gasteiger partial charge in [-0.25, -0.2) is 4.39 Å². The molecule has 1 atom stereocenters. The highest BCUT2D eigenvalue weighted by molar-refractivity contribution is 7.99. The SMILES string of the molecule is CCCCN(CC(=O)OCc1ccccc1)CC(=O)N1CCS[C@@H]1c1ccc(F)cc1. The molecule has 166 valence electrons. The quantitative estimate of drug-likeness (QED) is 0.513. The summed E-state index contributed by atoms with van der Waals surface area (Å²) < 4.78 is 18.7. The van der Waals surface area contributed by atoms with Gasteiger partial charge in [0.2, 0.25) is 5.91 Å². The average molecular weight is 445 g/mol. The Labute approximate surface area is 187 Å². The molecule has 0 bridgehead atoms. The van der Waals surface area contributed by atoms with E-state index >= 15 is 0 Å². The number of ether oxygens (including phenoxy) is 1. The van der Waals surface area contributed by atoms with Gasteiger partial charge in [-0.1, -0.05) is 55.8 Å². The number of carbonyl (C=O) groups excluding carboxylic acids is 2. The third-order valence-corrected chi connectivity index (χ3v) is 6.41.